The first-order valence-corrected chi connectivity index (χ1v) is 7.48. The lowest BCUT2D eigenvalue weighted by Crippen LogP contribution is -2.21. The van der Waals surface area contributed by atoms with Gasteiger partial charge < -0.3 is 5.32 Å². The van der Waals surface area contributed by atoms with E-state index in [-0.39, 0.29) is 5.69 Å². The maximum absolute atomic E-state index is 11.3. The van der Waals surface area contributed by atoms with Crippen molar-refractivity contribution in [3.8, 4) is 0 Å². The molecule has 0 bridgehead atoms. The standard InChI is InChI=1S/C13H17ClN4OS/c1-8(2)15-7-9-4-5-11(10(14)6-9)20-13-17-16-12(19)18(13)3/h4-6,8,15H,7H2,1-3H3,(H,16,19). The summed E-state index contributed by atoms with van der Waals surface area (Å²) in [6.45, 7) is 4.98. The molecule has 0 atom stereocenters. The Bertz CT molecular complexity index is 650. The molecule has 1 aromatic heterocycles. The van der Waals surface area contributed by atoms with Crippen LogP contribution in [0.4, 0.5) is 0 Å². The van der Waals surface area contributed by atoms with Crippen molar-refractivity contribution in [3.63, 3.8) is 0 Å². The number of nitrogens with one attached hydrogen (secondary N) is 2. The predicted octanol–water partition coefficient (Wildman–Crippen LogP) is 2.41. The van der Waals surface area contributed by atoms with Crippen LogP contribution < -0.4 is 11.0 Å². The van der Waals surface area contributed by atoms with Crippen LogP contribution in [0.15, 0.2) is 33.0 Å². The molecule has 0 saturated carbocycles. The normalized spacial score (nSPS) is 11.2. The number of hydrogen-bond donors (Lipinski definition) is 2. The molecule has 0 aliphatic carbocycles. The molecule has 2 aromatic rings. The summed E-state index contributed by atoms with van der Waals surface area (Å²) in [6, 6.07) is 6.34. The summed E-state index contributed by atoms with van der Waals surface area (Å²) in [5, 5.41) is 10.9. The van der Waals surface area contributed by atoms with Gasteiger partial charge in [-0.2, -0.15) is 0 Å². The van der Waals surface area contributed by atoms with Gasteiger partial charge in [-0.25, -0.2) is 9.89 Å². The Morgan fingerprint density at radius 2 is 2.25 bits per heavy atom. The fraction of sp³-hybridized carbons (Fsp3) is 0.385. The van der Waals surface area contributed by atoms with Gasteiger partial charge in [0.2, 0.25) is 0 Å². The van der Waals surface area contributed by atoms with E-state index < -0.39 is 0 Å². The van der Waals surface area contributed by atoms with Gasteiger partial charge in [0.1, 0.15) is 0 Å². The zero-order chi connectivity index (χ0) is 14.7. The fourth-order valence-corrected chi connectivity index (χ4v) is 2.70. The molecule has 108 valence electrons. The quantitative estimate of drug-likeness (QED) is 0.890. The highest BCUT2D eigenvalue weighted by molar-refractivity contribution is 7.99. The molecular weight excluding hydrogens is 296 g/mol. The van der Waals surface area contributed by atoms with Crippen molar-refractivity contribution < 1.29 is 0 Å². The minimum Gasteiger partial charge on any atom is -0.310 e. The molecule has 0 aliphatic rings. The number of benzene rings is 1. The Kier molecular flexibility index (Phi) is 4.91. The molecule has 5 nitrogen and oxygen atoms in total. The summed E-state index contributed by atoms with van der Waals surface area (Å²) >= 11 is 7.64. The van der Waals surface area contributed by atoms with E-state index in [1.807, 2.05) is 18.2 Å². The lowest BCUT2D eigenvalue weighted by Gasteiger charge is -2.10. The SMILES string of the molecule is CC(C)NCc1ccc(Sc2n[nH]c(=O)n2C)c(Cl)c1. The second kappa shape index (κ2) is 6.47. The average molecular weight is 313 g/mol. The van der Waals surface area contributed by atoms with Crippen LogP contribution in [0, 0.1) is 0 Å². The number of nitrogens with zero attached hydrogens (tertiary/aromatic N) is 2. The number of rotatable bonds is 5. The zero-order valence-electron chi connectivity index (χ0n) is 11.6. The summed E-state index contributed by atoms with van der Waals surface area (Å²) in [5.74, 6) is 0. The van der Waals surface area contributed by atoms with Crippen LogP contribution in [0.2, 0.25) is 5.02 Å². The van der Waals surface area contributed by atoms with Gasteiger partial charge in [-0.1, -0.05) is 31.5 Å². The van der Waals surface area contributed by atoms with Gasteiger partial charge in [0, 0.05) is 24.5 Å². The van der Waals surface area contributed by atoms with E-state index in [2.05, 4.69) is 29.4 Å². The predicted molar refractivity (Wildman–Crippen MR) is 81.4 cm³/mol. The van der Waals surface area contributed by atoms with Crippen molar-refractivity contribution in [2.24, 2.45) is 7.05 Å². The Morgan fingerprint density at radius 3 is 2.80 bits per heavy atom. The average Bonchev–Trinajstić information content (AvgIpc) is 2.71. The monoisotopic (exact) mass is 312 g/mol. The fourth-order valence-electron chi connectivity index (χ4n) is 1.58. The van der Waals surface area contributed by atoms with Gasteiger partial charge in [-0.05, 0) is 29.5 Å². The Labute approximate surface area is 126 Å². The van der Waals surface area contributed by atoms with E-state index in [4.69, 9.17) is 11.6 Å². The molecule has 0 spiro atoms. The van der Waals surface area contributed by atoms with Crippen molar-refractivity contribution >= 4 is 23.4 Å². The molecule has 20 heavy (non-hydrogen) atoms. The van der Waals surface area contributed by atoms with Crippen LogP contribution in [-0.2, 0) is 13.6 Å². The van der Waals surface area contributed by atoms with Crippen molar-refractivity contribution in [3.05, 3.63) is 39.3 Å². The molecule has 0 amide bonds. The van der Waals surface area contributed by atoms with Gasteiger partial charge in [0.25, 0.3) is 0 Å². The molecular formula is C13H17ClN4OS. The van der Waals surface area contributed by atoms with Gasteiger partial charge in [0.15, 0.2) is 5.16 Å². The summed E-state index contributed by atoms with van der Waals surface area (Å²) in [5.41, 5.74) is 0.894. The molecule has 2 N–H and O–H groups in total. The third-order valence-electron chi connectivity index (χ3n) is 2.75. The Balaban J connectivity index is 2.13. The summed E-state index contributed by atoms with van der Waals surface area (Å²) < 4.78 is 1.45. The topological polar surface area (TPSA) is 62.7 Å². The number of halogens is 1. The largest absolute Gasteiger partial charge is 0.343 e. The van der Waals surface area contributed by atoms with E-state index in [1.165, 1.54) is 16.3 Å². The number of hydrogen-bond acceptors (Lipinski definition) is 4. The van der Waals surface area contributed by atoms with E-state index in [1.54, 1.807) is 7.05 Å². The molecule has 1 heterocycles. The third kappa shape index (κ3) is 3.65. The van der Waals surface area contributed by atoms with E-state index in [0.29, 0.717) is 16.2 Å². The van der Waals surface area contributed by atoms with Gasteiger partial charge >= 0.3 is 5.69 Å². The van der Waals surface area contributed by atoms with Crippen molar-refractivity contribution in [2.75, 3.05) is 0 Å². The van der Waals surface area contributed by atoms with Crippen LogP contribution in [-0.4, -0.2) is 20.8 Å². The summed E-state index contributed by atoms with van der Waals surface area (Å²) in [6.07, 6.45) is 0. The van der Waals surface area contributed by atoms with Crippen LogP contribution >= 0.6 is 23.4 Å². The first kappa shape index (κ1) is 15.2. The molecule has 1 aromatic carbocycles. The lowest BCUT2D eigenvalue weighted by molar-refractivity contribution is 0.588. The maximum Gasteiger partial charge on any atom is 0.343 e. The van der Waals surface area contributed by atoms with Gasteiger partial charge in [-0.3, -0.25) is 4.57 Å². The molecule has 0 aliphatic heterocycles. The molecule has 7 heteroatoms. The number of aromatic amines is 1. The van der Waals surface area contributed by atoms with Crippen molar-refractivity contribution in [1.29, 1.82) is 0 Å². The smallest absolute Gasteiger partial charge is 0.310 e. The van der Waals surface area contributed by atoms with Gasteiger partial charge in [-0.15, -0.1) is 5.10 Å². The number of aromatic nitrogens is 3. The Morgan fingerprint density at radius 1 is 1.50 bits per heavy atom. The molecule has 0 unspecified atom stereocenters. The van der Waals surface area contributed by atoms with E-state index in [9.17, 15) is 4.79 Å². The van der Waals surface area contributed by atoms with Gasteiger partial charge in [0.05, 0.1) is 5.02 Å². The highest BCUT2D eigenvalue weighted by Gasteiger charge is 2.09. The second-order valence-corrected chi connectivity index (χ2v) is 6.19. The first-order valence-electron chi connectivity index (χ1n) is 6.28. The zero-order valence-corrected chi connectivity index (χ0v) is 13.2. The molecule has 0 saturated heterocycles. The Hall–Kier alpha value is -1.24. The van der Waals surface area contributed by atoms with Crippen molar-refractivity contribution in [1.82, 2.24) is 20.1 Å². The first-order chi connectivity index (χ1) is 9.47. The molecule has 0 fully saturated rings. The van der Waals surface area contributed by atoms with Crippen LogP contribution in [0.5, 0.6) is 0 Å². The highest BCUT2D eigenvalue weighted by Crippen LogP contribution is 2.32. The maximum atomic E-state index is 11.3. The van der Waals surface area contributed by atoms with E-state index in [0.717, 1.165) is 17.0 Å². The minimum absolute atomic E-state index is 0.235. The second-order valence-electron chi connectivity index (χ2n) is 4.77. The lowest BCUT2D eigenvalue weighted by atomic mass is 10.2. The van der Waals surface area contributed by atoms with E-state index >= 15 is 0 Å². The highest BCUT2D eigenvalue weighted by atomic mass is 35.5. The summed E-state index contributed by atoms with van der Waals surface area (Å²) in [7, 11) is 1.67. The minimum atomic E-state index is -0.235. The summed E-state index contributed by atoms with van der Waals surface area (Å²) in [4.78, 5) is 12.2. The number of H-pyrrole nitrogens is 1. The third-order valence-corrected chi connectivity index (χ3v) is 4.30. The van der Waals surface area contributed by atoms with Crippen molar-refractivity contribution in [2.45, 2.75) is 36.5 Å². The molecule has 2 rings (SSSR count). The van der Waals surface area contributed by atoms with Crippen LogP contribution in [0.1, 0.15) is 19.4 Å². The molecule has 0 radical (unpaired) electrons. The van der Waals surface area contributed by atoms with Crippen LogP contribution in [0.25, 0.3) is 0 Å². The van der Waals surface area contributed by atoms with Crippen LogP contribution in [0.3, 0.4) is 0 Å².